The van der Waals surface area contributed by atoms with Gasteiger partial charge in [0.05, 0.1) is 0 Å². The summed E-state index contributed by atoms with van der Waals surface area (Å²) >= 11 is 0. The van der Waals surface area contributed by atoms with Gasteiger partial charge in [0, 0.05) is 5.56 Å². The number of carboxylic acid groups (broad SMARTS) is 1. The molecule has 0 bridgehead atoms. The molecule has 4 nitrogen and oxygen atoms in total. The second-order valence-corrected chi connectivity index (χ2v) is 4.01. The molecule has 0 aliphatic carbocycles. The number of oxazole rings is 1. The van der Waals surface area contributed by atoms with Crippen LogP contribution < -0.4 is 0 Å². The molecule has 0 aliphatic heterocycles. The topological polar surface area (TPSA) is 63.3 Å². The fraction of sp³-hybridized carbons (Fsp3) is 0.231. The molecule has 106 valence electrons. The van der Waals surface area contributed by atoms with E-state index < -0.39 is 23.6 Å². The fourth-order valence-electron chi connectivity index (χ4n) is 1.81. The van der Waals surface area contributed by atoms with Gasteiger partial charge < -0.3 is 9.52 Å². The van der Waals surface area contributed by atoms with E-state index in [0.29, 0.717) is 12.0 Å². The van der Waals surface area contributed by atoms with E-state index in [9.17, 15) is 18.0 Å². The van der Waals surface area contributed by atoms with Crippen LogP contribution in [0.1, 0.15) is 28.7 Å². The number of halogens is 3. The van der Waals surface area contributed by atoms with Gasteiger partial charge in [-0.05, 0) is 18.1 Å². The van der Waals surface area contributed by atoms with Crippen molar-refractivity contribution in [2.45, 2.75) is 19.5 Å². The van der Waals surface area contributed by atoms with E-state index in [1.165, 1.54) is 6.07 Å². The van der Waals surface area contributed by atoms with Crippen LogP contribution in [0.4, 0.5) is 13.2 Å². The van der Waals surface area contributed by atoms with Gasteiger partial charge in [0.25, 0.3) is 0 Å². The number of alkyl halides is 3. The Hall–Kier alpha value is -2.31. The highest BCUT2D eigenvalue weighted by Crippen LogP contribution is 2.35. The first kappa shape index (κ1) is 14.1. The summed E-state index contributed by atoms with van der Waals surface area (Å²) in [7, 11) is 0. The number of hydrogen-bond donors (Lipinski definition) is 1. The summed E-state index contributed by atoms with van der Waals surface area (Å²) in [5.74, 6) is -3.34. The van der Waals surface area contributed by atoms with Crippen molar-refractivity contribution in [2.24, 2.45) is 0 Å². The Bertz CT molecular complexity index is 647. The summed E-state index contributed by atoms with van der Waals surface area (Å²) in [5.41, 5.74) is -0.446. The van der Waals surface area contributed by atoms with Gasteiger partial charge in [-0.2, -0.15) is 13.2 Å². The first-order valence-electron chi connectivity index (χ1n) is 5.74. The summed E-state index contributed by atoms with van der Waals surface area (Å²) in [6, 6.07) is 6.60. The third-order valence-electron chi connectivity index (χ3n) is 2.72. The van der Waals surface area contributed by atoms with Crippen LogP contribution in [0, 0.1) is 0 Å². The quantitative estimate of drug-likeness (QED) is 0.935. The minimum Gasteiger partial charge on any atom is -0.475 e. The first-order valence-corrected chi connectivity index (χ1v) is 5.74. The summed E-state index contributed by atoms with van der Waals surface area (Å²) in [6.07, 6.45) is -4.32. The second kappa shape index (κ2) is 4.99. The van der Waals surface area contributed by atoms with Gasteiger partial charge in [0.2, 0.25) is 11.7 Å². The van der Waals surface area contributed by atoms with Crippen LogP contribution in [0.15, 0.2) is 28.7 Å². The number of aromatic nitrogens is 1. The van der Waals surface area contributed by atoms with Crippen molar-refractivity contribution in [3.63, 3.8) is 0 Å². The second-order valence-electron chi connectivity index (χ2n) is 4.01. The van der Waals surface area contributed by atoms with Gasteiger partial charge in [-0.15, -0.1) is 0 Å². The van der Waals surface area contributed by atoms with Crippen LogP contribution >= 0.6 is 0 Å². The Morgan fingerprint density at radius 2 is 2.00 bits per heavy atom. The SMILES string of the molecule is CCc1ccccc1-c1nc(C(F)(F)F)c(C(=O)O)o1. The monoisotopic (exact) mass is 285 g/mol. The van der Waals surface area contributed by atoms with Crippen molar-refractivity contribution < 1.29 is 27.5 Å². The van der Waals surface area contributed by atoms with Crippen LogP contribution in [0.5, 0.6) is 0 Å². The number of nitrogens with zero attached hydrogens (tertiary/aromatic N) is 1. The van der Waals surface area contributed by atoms with E-state index in [1.54, 1.807) is 18.2 Å². The minimum absolute atomic E-state index is 0.341. The minimum atomic E-state index is -4.88. The molecular weight excluding hydrogens is 275 g/mol. The van der Waals surface area contributed by atoms with Crippen molar-refractivity contribution in [1.82, 2.24) is 4.98 Å². The van der Waals surface area contributed by atoms with Crippen molar-refractivity contribution in [3.8, 4) is 11.5 Å². The number of aryl methyl sites for hydroxylation is 1. The number of carbonyl (C=O) groups is 1. The van der Waals surface area contributed by atoms with Gasteiger partial charge >= 0.3 is 12.1 Å². The highest BCUT2D eigenvalue weighted by atomic mass is 19.4. The molecule has 0 unspecified atom stereocenters. The third-order valence-corrected chi connectivity index (χ3v) is 2.72. The molecule has 1 N–H and O–H groups in total. The van der Waals surface area contributed by atoms with Gasteiger partial charge in [0.1, 0.15) is 0 Å². The summed E-state index contributed by atoms with van der Waals surface area (Å²) in [4.78, 5) is 14.1. The normalized spacial score (nSPS) is 11.6. The van der Waals surface area contributed by atoms with Crippen LogP contribution in [-0.4, -0.2) is 16.1 Å². The van der Waals surface area contributed by atoms with Crippen LogP contribution in [0.25, 0.3) is 11.5 Å². The molecule has 0 atom stereocenters. The zero-order chi connectivity index (χ0) is 14.9. The van der Waals surface area contributed by atoms with Crippen molar-refractivity contribution in [2.75, 3.05) is 0 Å². The predicted octanol–water partition coefficient (Wildman–Crippen LogP) is 3.62. The fourth-order valence-corrected chi connectivity index (χ4v) is 1.81. The average Bonchev–Trinajstić information content (AvgIpc) is 2.83. The van der Waals surface area contributed by atoms with Gasteiger partial charge in [-0.1, -0.05) is 25.1 Å². The molecule has 0 amide bonds. The first-order chi connectivity index (χ1) is 9.34. The molecular formula is C13H10F3NO3. The lowest BCUT2D eigenvalue weighted by molar-refractivity contribution is -0.141. The van der Waals surface area contributed by atoms with E-state index in [-0.39, 0.29) is 5.89 Å². The molecule has 0 saturated heterocycles. The maximum Gasteiger partial charge on any atom is 0.437 e. The lowest BCUT2D eigenvalue weighted by atomic mass is 10.1. The van der Waals surface area contributed by atoms with Crippen LogP contribution in [0.2, 0.25) is 0 Å². The predicted molar refractivity (Wildman–Crippen MR) is 63.3 cm³/mol. The Morgan fingerprint density at radius 3 is 2.50 bits per heavy atom. The van der Waals surface area contributed by atoms with E-state index in [1.807, 2.05) is 6.92 Å². The van der Waals surface area contributed by atoms with E-state index >= 15 is 0 Å². The molecule has 0 spiro atoms. The number of rotatable bonds is 3. The highest BCUT2D eigenvalue weighted by Gasteiger charge is 2.41. The van der Waals surface area contributed by atoms with E-state index in [0.717, 1.165) is 5.56 Å². The smallest absolute Gasteiger partial charge is 0.437 e. The Kier molecular flexibility index (Phi) is 3.52. The number of aromatic carboxylic acids is 1. The number of carboxylic acids is 1. The van der Waals surface area contributed by atoms with E-state index in [2.05, 4.69) is 4.98 Å². The molecule has 2 aromatic rings. The summed E-state index contributed by atoms with van der Waals surface area (Å²) in [5, 5.41) is 8.78. The molecule has 20 heavy (non-hydrogen) atoms. The molecule has 0 radical (unpaired) electrons. The zero-order valence-corrected chi connectivity index (χ0v) is 10.4. The highest BCUT2D eigenvalue weighted by molar-refractivity contribution is 5.86. The average molecular weight is 285 g/mol. The largest absolute Gasteiger partial charge is 0.475 e. The van der Waals surface area contributed by atoms with E-state index in [4.69, 9.17) is 9.52 Å². The molecule has 1 aromatic carbocycles. The summed E-state index contributed by atoms with van der Waals surface area (Å²) in [6.45, 7) is 1.82. The third kappa shape index (κ3) is 2.52. The van der Waals surface area contributed by atoms with Crippen LogP contribution in [0.3, 0.4) is 0 Å². The molecule has 0 fully saturated rings. The van der Waals surface area contributed by atoms with Crippen molar-refractivity contribution in [3.05, 3.63) is 41.3 Å². The molecule has 7 heteroatoms. The van der Waals surface area contributed by atoms with Crippen molar-refractivity contribution >= 4 is 5.97 Å². The Labute approximate surface area is 111 Å². The Balaban J connectivity index is 2.62. The van der Waals surface area contributed by atoms with Gasteiger partial charge in [-0.25, -0.2) is 9.78 Å². The molecule has 1 heterocycles. The van der Waals surface area contributed by atoms with Crippen LogP contribution in [-0.2, 0) is 12.6 Å². The maximum atomic E-state index is 12.7. The molecule has 0 saturated carbocycles. The molecule has 1 aromatic heterocycles. The summed E-state index contributed by atoms with van der Waals surface area (Å²) < 4.78 is 43.0. The molecule has 2 rings (SSSR count). The van der Waals surface area contributed by atoms with Gasteiger partial charge in [-0.3, -0.25) is 0 Å². The lowest BCUT2D eigenvalue weighted by Crippen LogP contribution is -2.11. The number of benzene rings is 1. The number of hydrogen-bond acceptors (Lipinski definition) is 3. The lowest BCUT2D eigenvalue weighted by Gasteiger charge is -2.02. The van der Waals surface area contributed by atoms with Gasteiger partial charge in [0.15, 0.2) is 5.69 Å². The zero-order valence-electron chi connectivity index (χ0n) is 10.4. The standard InChI is InChI=1S/C13H10F3NO3/c1-2-7-5-3-4-6-8(7)11-17-10(13(14,15)16)9(20-11)12(18)19/h3-6H,2H2,1H3,(H,18,19). The molecule has 0 aliphatic rings. The maximum absolute atomic E-state index is 12.7. The Morgan fingerprint density at radius 1 is 1.35 bits per heavy atom. The van der Waals surface area contributed by atoms with Crippen molar-refractivity contribution in [1.29, 1.82) is 0 Å².